The number of aromatic nitrogens is 2. The summed E-state index contributed by atoms with van der Waals surface area (Å²) in [5, 5.41) is 0. The molecule has 0 unspecified atom stereocenters. The van der Waals surface area contributed by atoms with E-state index in [2.05, 4.69) is 107 Å². The van der Waals surface area contributed by atoms with Crippen molar-refractivity contribution in [1.29, 1.82) is 0 Å². The van der Waals surface area contributed by atoms with Crippen LogP contribution in [-0.2, 0) is 29.2 Å². The van der Waals surface area contributed by atoms with E-state index in [0.29, 0.717) is 6.42 Å². The Kier molecular flexibility index (Phi) is 10.9. The zero-order valence-corrected chi connectivity index (χ0v) is 23.4. The minimum absolute atomic E-state index is 0.128. The van der Waals surface area contributed by atoms with E-state index in [1.54, 1.807) is 0 Å². The number of carbonyl (C=O) groups is 1. The number of ether oxygens (including phenoxy) is 1. The molecule has 0 bridgehead atoms. The first-order valence-electron chi connectivity index (χ1n) is 14.2. The monoisotopic (exact) mass is 523 g/mol. The third kappa shape index (κ3) is 8.14. The van der Waals surface area contributed by atoms with Crippen LogP contribution in [0, 0.1) is 0 Å². The molecule has 5 heteroatoms. The molecular weight excluding hydrogens is 482 g/mol. The number of methoxy groups -OCH3 is 1. The van der Waals surface area contributed by atoms with Crippen molar-refractivity contribution >= 4 is 5.97 Å². The Morgan fingerprint density at radius 1 is 0.795 bits per heavy atom. The number of hydrogen-bond donors (Lipinski definition) is 0. The fourth-order valence-electron chi connectivity index (χ4n) is 4.99. The molecule has 1 heterocycles. The first kappa shape index (κ1) is 28.3. The number of carbonyl (C=O) groups excluding carboxylic acids is 1. The van der Waals surface area contributed by atoms with E-state index in [4.69, 9.17) is 9.72 Å². The molecule has 4 rings (SSSR count). The normalized spacial score (nSPS) is 11.2. The minimum atomic E-state index is -0.128. The second-order valence-corrected chi connectivity index (χ2v) is 10.1. The highest BCUT2D eigenvalue weighted by atomic mass is 16.5. The lowest BCUT2D eigenvalue weighted by atomic mass is 10.1. The van der Waals surface area contributed by atoms with Crippen molar-refractivity contribution in [1.82, 2.24) is 14.5 Å². The molecule has 1 aromatic heterocycles. The molecule has 0 amide bonds. The lowest BCUT2D eigenvalue weighted by Gasteiger charge is -2.24. The number of rotatable bonds is 15. The van der Waals surface area contributed by atoms with E-state index in [9.17, 15) is 4.79 Å². The third-order valence-corrected chi connectivity index (χ3v) is 7.09. The van der Waals surface area contributed by atoms with Gasteiger partial charge in [-0.15, -0.1) is 0 Å². The summed E-state index contributed by atoms with van der Waals surface area (Å²) in [4.78, 5) is 19.4. The molecule has 5 nitrogen and oxygen atoms in total. The fourth-order valence-corrected chi connectivity index (χ4v) is 4.99. The second-order valence-electron chi connectivity index (χ2n) is 10.1. The van der Waals surface area contributed by atoms with E-state index in [1.165, 1.54) is 18.4 Å². The average molecular weight is 524 g/mol. The van der Waals surface area contributed by atoms with Crippen molar-refractivity contribution in [3.05, 3.63) is 102 Å². The number of esters is 1. The molecule has 204 valence electrons. The quantitative estimate of drug-likeness (QED) is 0.118. The smallest absolute Gasteiger partial charge is 0.305 e. The molecule has 0 aliphatic rings. The molecule has 0 radical (unpaired) electrons. The van der Waals surface area contributed by atoms with Crippen molar-refractivity contribution < 1.29 is 9.53 Å². The minimum Gasteiger partial charge on any atom is -0.469 e. The zero-order valence-electron chi connectivity index (χ0n) is 23.4. The van der Waals surface area contributed by atoms with Crippen LogP contribution in [-0.4, -0.2) is 34.1 Å². The van der Waals surface area contributed by atoms with Crippen LogP contribution in [0.3, 0.4) is 0 Å². The van der Waals surface area contributed by atoms with Crippen molar-refractivity contribution in [2.24, 2.45) is 0 Å². The van der Waals surface area contributed by atoms with Gasteiger partial charge in [-0.3, -0.25) is 9.69 Å². The van der Waals surface area contributed by atoms with E-state index < -0.39 is 0 Å². The number of hydrogen-bond acceptors (Lipinski definition) is 4. The van der Waals surface area contributed by atoms with Gasteiger partial charge >= 0.3 is 5.97 Å². The number of nitrogens with zero attached hydrogens (tertiary/aromatic N) is 3. The van der Waals surface area contributed by atoms with Crippen molar-refractivity contribution in [2.75, 3.05) is 13.7 Å². The van der Waals surface area contributed by atoms with E-state index in [1.807, 2.05) is 0 Å². The highest BCUT2D eigenvalue weighted by molar-refractivity contribution is 5.69. The lowest BCUT2D eigenvalue weighted by Crippen LogP contribution is -2.26. The van der Waals surface area contributed by atoms with Crippen LogP contribution in [0.15, 0.2) is 91.0 Å². The van der Waals surface area contributed by atoms with Gasteiger partial charge < -0.3 is 9.30 Å². The first-order chi connectivity index (χ1) is 19.2. The summed E-state index contributed by atoms with van der Waals surface area (Å²) >= 11 is 0. The molecule has 0 saturated carbocycles. The Hall–Kier alpha value is -3.70. The van der Waals surface area contributed by atoms with Gasteiger partial charge in [0.15, 0.2) is 0 Å². The lowest BCUT2D eigenvalue weighted by molar-refractivity contribution is -0.140. The predicted octanol–water partition coefficient (Wildman–Crippen LogP) is 7.75. The zero-order chi connectivity index (χ0) is 27.3. The van der Waals surface area contributed by atoms with Crippen LogP contribution in [0.2, 0.25) is 0 Å². The molecule has 0 atom stereocenters. The van der Waals surface area contributed by atoms with Gasteiger partial charge in [0.05, 0.1) is 18.5 Å². The van der Waals surface area contributed by atoms with E-state index in [-0.39, 0.29) is 5.97 Å². The number of benzene rings is 3. The largest absolute Gasteiger partial charge is 0.469 e. The average Bonchev–Trinajstić information content (AvgIpc) is 3.34. The molecule has 3 aromatic carbocycles. The second kappa shape index (κ2) is 15.0. The van der Waals surface area contributed by atoms with Gasteiger partial charge in [-0.25, -0.2) is 4.98 Å². The Balaban J connectivity index is 1.68. The van der Waals surface area contributed by atoms with Gasteiger partial charge in [0, 0.05) is 37.2 Å². The molecule has 0 aliphatic heterocycles. The maximum absolute atomic E-state index is 11.6. The summed E-state index contributed by atoms with van der Waals surface area (Å²) < 4.78 is 7.27. The first-order valence-corrected chi connectivity index (χ1v) is 14.2. The van der Waals surface area contributed by atoms with E-state index in [0.717, 1.165) is 80.9 Å². The van der Waals surface area contributed by atoms with Gasteiger partial charge in [-0.05, 0) is 31.4 Å². The Labute approximate surface area is 233 Å². The molecule has 4 aromatic rings. The van der Waals surface area contributed by atoms with Crippen LogP contribution in [0.1, 0.15) is 56.7 Å². The summed E-state index contributed by atoms with van der Waals surface area (Å²) in [5.41, 5.74) is 5.93. The van der Waals surface area contributed by atoms with Crippen molar-refractivity contribution in [3.63, 3.8) is 0 Å². The predicted molar refractivity (Wildman–Crippen MR) is 159 cm³/mol. The Morgan fingerprint density at radius 3 is 2.08 bits per heavy atom. The van der Waals surface area contributed by atoms with Crippen molar-refractivity contribution in [2.45, 2.75) is 65.1 Å². The summed E-state index contributed by atoms with van der Waals surface area (Å²) in [6.07, 6.45) is 5.59. The highest BCUT2D eigenvalue weighted by Gasteiger charge is 2.22. The molecule has 0 N–H and O–H groups in total. The fraction of sp³-hybridized carbons (Fsp3) is 0.353. The molecular formula is C34H41N3O2. The van der Waals surface area contributed by atoms with Crippen LogP contribution in [0.25, 0.3) is 22.6 Å². The summed E-state index contributed by atoms with van der Waals surface area (Å²) in [6.45, 7) is 5.80. The Morgan fingerprint density at radius 2 is 1.44 bits per heavy atom. The van der Waals surface area contributed by atoms with Gasteiger partial charge in [-0.2, -0.15) is 0 Å². The van der Waals surface area contributed by atoms with Gasteiger partial charge in [0.1, 0.15) is 5.82 Å². The summed E-state index contributed by atoms with van der Waals surface area (Å²) in [7, 11) is 1.46. The van der Waals surface area contributed by atoms with Crippen LogP contribution >= 0.6 is 0 Å². The topological polar surface area (TPSA) is 47.4 Å². The third-order valence-electron chi connectivity index (χ3n) is 7.09. The van der Waals surface area contributed by atoms with Crippen LogP contribution in [0.5, 0.6) is 0 Å². The van der Waals surface area contributed by atoms with Crippen LogP contribution in [0.4, 0.5) is 0 Å². The number of unbranched alkanes of at least 4 members (excludes halogenated alkanes) is 3. The Bertz CT molecular complexity index is 1270. The molecule has 0 saturated heterocycles. The maximum atomic E-state index is 11.6. The van der Waals surface area contributed by atoms with E-state index >= 15 is 0 Å². The molecule has 0 aliphatic carbocycles. The molecule has 0 fully saturated rings. The maximum Gasteiger partial charge on any atom is 0.305 e. The standard InChI is InChI=1S/C34H41N3O2/c1-3-4-25-37-31(33(29-19-11-6-12-20-29)35-34(37)30-21-13-7-14-22-30)27-36(26-28-17-9-5-10-18-28)24-16-8-15-23-32(38)39-2/h5-7,9-14,17-22H,3-4,8,15-16,23-27H2,1-2H3. The van der Waals surface area contributed by atoms with Gasteiger partial charge in [-0.1, -0.05) is 111 Å². The van der Waals surface area contributed by atoms with Crippen molar-refractivity contribution in [3.8, 4) is 22.6 Å². The molecule has 39 heavy (non-hydrogen) atoms. The SMILES string of the molecule is CCCCn1c(-c2ccccc2)nc(-c2ccccc2)c1CN(CCCCCC(=O)OC)Cc1ccccc1. The molecule has 0 spiro atoms. The highest BCUT2D eigenvalue weighted by Crippen LogP contribution is 2.31. The van der Waals surface area contributed by atoms with Gasteiger partial charge in [0.25, 0.3) is 0 Å². The summed E-state index contributed by atoms with van der Waals surface area (Å²) in [5.74, 6) is 0.910. The van der Waals surface area contributed by atoms with Crippen LogP contribution < -0.4 is 0 Å². The summed E-state index contributed by atoms with van der Waals surface area (Å²) in [6, 6.07) is 31.8. The van der Waals surface area contributed by atoms with Gasteiger partial charge in [0.2, 0.25) is 0 Å². The number of imidazole rings is 1.